The first-order valence-electron chi connectivity index (χ1n) is 6.90. The van der Waals surface area contributed by atoms with Crippen molar-refractivity contribution in [2.75, 3.05) is 0 Å². The maximum Gasteiger partial charge on any atom is -0.0330 e. The molecule has 0 heterocycles. The molecule has 0 atom stereocenters. The average molecular weight is 224 g/mol. The Morgan fingerprint density at radius 2 is 1.44 bits per heavy atom. The van der Waals surface area contributed by atoms with Gasteiger partial charge >= 0.3 is 0 Å². The Bertz CT molecular complexity index is 133. The molecule has 16 heavy (non-hydrogen) atoms. The zero-order chi connectivity index (χ0) is 12.6. The van der Waals surface area contributed by atoms with Gasteiger partial charge in [-0.3, -0.25) is 0 Å². The van der Waals surface area contributed by atoms with Crippen molar-refractivity contribution < 1.29 is 0 Å². The van der Waals surface area contributed by atoms with Crippen LogP contribution >= 0.6 is 0 Å². The van der Waals surface area contributed by atoms with Crippen molar-refractivity contribution in [1.29, 1.82) is 0 Å². The van der Waals surface area contributed by atoms with Gasteiger partial charge in [0, 0.05) is 0 Å². The summed E-state index contributed by atoms with van der Waals surface area (Å²) >= 11 is 0. The number of allylic oxidation sites excluding steroid dienone is 2. The Kier molecular flexibility index (Phi) is 18.9. The van der Waals surface area contributed by atoms with Gasteiger partial charge in [0.1, 0.15) is 0 Å². The lowest BCUT2D eigenvalue weighted by molar-refractivity contribution is 0.611. The maximum atomic E-state index is 3.69. The number of rotatable bonds is 9. The van der Waals surface area contributed by atoms with E-state index in [0.717, 1.165) is 12.3 Å². The first kappa shape index (κ1) is 17.9. The van der Waals surface area contributed by atoms with E-state index < -0.39 is 0 Å². The molecule has 0 aliphatic rings. The third kappa shape index (κ3) is 23.4. The fourth-order valence-corrected chi connectivity index (χ4v) is 1.40. The molecule has 0 aromatic rings. The van der Waals surface area contributed by atoms with E-state index in [1.807, 2.05) is 12.2 Å². The van der Waals surface area contributed by atoms with Crippen molar-refractivity contribution in [3.63, 3.8) is 0 Å². The summed E-state index contributed by atoms with van der Waals surface area (Å²) in [6.07, 6.45) is 14.6. The predicted molar refractivity (Wildman–Crippen MR) is 77.8 cm³/mol. The SMILES string of the molecule is C=CCC(C)C.C=CCCCCCCCC. The van der Waals surface area contributed by atoms with Crippen LogP contribution in [0.4, 0.5) is 0 Å². The Morgan fingerprint density at radius 3 is 1.81 bits per heavy atom. The first-order valence-corrected chi connectivity index (χ1v) is 6.90. The van der Waals surface area contributed by atoms with Crippen LogP contribution in [0.25, 0.3) is 0 Å². The normalized spacial score (nSPS) is 9.50. The highest BCUT2D eigenvalue weighted by Gasteiger charge is 1.86. The molecule has 0 bridgehead atoms. The molecule has 0 unspecified atom stereocenters. The first-order chi connectivity index (χ1) is 7.68. The fourth-order valence-electron chi connectivity index (χ4n) is 1.40. The van der Waals surface area contributed by atoms with Crippen molar-refractivity contribution in [3.05, 3.63) is 25.3 Å². The van der Waals surface area contributed by atoms with E-state index in [1.54, 1.807) is 0 Å². The standard InChI is InChI=1S/C10H20.C6H12/c1-3-5-7-9-10-8-6-4-2;1-4-5-6(2)3/h3H,1,4-10H2,2H3;4,6H,1,5H2,2-3H3. The van der Waals surface area contributed by atoms with Crippen LogP contribution in [-0.2, 0) is 0 Å². The molecule has 0 aliphatic heterocycles. The summed E-state index contributed by atoms with van der Waals surface area (Å²) in [5, 5.41) is 0. The van der Waals surface area contributed by atoms with Crippen LogP contribution in [0.5, 0.6) is 0 Å². The van der Waals surface area contributed by atoms with Crippen LogP contribution in [-0.4, -0.2) is 0 Å². The summed E-state index contributed by atoms with van der Waals surface area (Å²) in [5.41, 5.74) is 0. The molecule has 0 fully saturated rings. The lowest BCUT2D eigenvalue weighted by Crippen LogP contribution is -1.78. The van der Waals surface area contributed by atoms with Crippen molar-refractivity contribution in [1.82, 2.24) is 0 Å². The molecule has 0 heteroatoms. The van der Waals surface area contributed by atoms with Gasteiger partial charge in [0.2, 0.25) is 0 Å². The van der Waals surface area contributed by atoms with E-state index in [9.17, 15) is 0 Å². The molecule has 0 aromatic carbocycles. The molecule has 0 aliphatic carbocycles. The van der Waals surface area contributed by atoms with Gasteiger partial charge in [-0.25, -0.2) is 0 Å². The van der Waals surface area contributed by atoms with Crippen molar-refractivity contribution in [2.24, 2.45) is 5.92 Å². The van der Waals surface area contributed by atoms with E-state index in [0.29, 0.717) is 0 Å². The van der Waals surface area contributed by atoms with Crippen LogP contribution in [0.1, 0.15) is 72.1 Å². The second-order valence-corrected chi connectivity index (χ2v) is 4.76. The van der Waals surface area contributed by atoms with Gasteiger partial charge in [0.15, 0.2) is 0 Å². The number of hydrogen-bond acceptors (Lipinski definition) is 0. The molecule has 0 amide bonds. The van der Waals surface area contributed by atoms with Crippen LogP contribution in [0.3, 0.4) is 0 Å². The molecule has 0 saturated heterocycles. The fraction of sp³-hybridized carbons (Fsp3) is 0.750. The van der Waals surface area contributed by atoms with Gasteiger partial charge in [0.05, 0.1) is 0 Å². The van der Waals surface area contributed by atoms with Crippen LogP contribution in [0.2, 0.25) is 0 Å². The van der Waals surface area contributed by atoms with Crippen LogP contribution in [0, 0.1) is 5.92 Å². The minimum Gasteiger partial charge on any atom is -0.103 e. The summed E-state index contributed by atoms with van der Waals surface area (Å²) in [7, 11) is 0. The molecule has 0 spiro atoms. The molecule has 0 nitrogen and oxygen atoms in total. The Morgan fingerprint density at radius 1 is 0.875 bits per heavy atom. The van der Waals surface area contributed by atoms with Gasteiger partial charge in [-0.1, -0.05) is 65.0 Å². The molecule has 0 N–H and O–H groups in total. The van der Waals surface area contributed by atoms with Gasteiger partial charge in [-0.15, -0.1) is 13.2 Å². The van der Waals surface area contributed by atoms with Crippen molar-refractivity contribution in [2.45, 2.75) is 72.1 Å². The van der Waals surface area contributed by atoms with Crippen LogP contribution < -0.4 is 0 Å². The molecule has 0 rings (SSSR count). The van der Waals surface area contributed by atoms with E-state index >= 15 is 0 Å². The third-order valence-electron chi connectivity index (χ3n) is 2.40. The van der Waals surface area contributed by atoms with Gasteiger partial charge in [-0.05, 0) is 25.2 Å². The van der Waals surface area contributed by atoms with Gasteiger partial charge in [-0.2, -0.15) is 0 Å². The summed E-state index contributed by atoms with van der Waals surface area (Å²) < 4.78 is 0. The van der Waals surface area contributed by atoms with Gasteiger partial charge in [0.25, 0.3) is 0 Å². The maximum absolute atomic E-state index is 3.69. The zero-order valence-electron chi connectivity index (χ0n) is 11.8. The molecular formula is C16H32. The minimum absolute atomic E-state index is 0.780. The Balaban J connectivity index is 0. The second-order valence-electron chi connectivity index (χ2n) is 4.76. The zero-order valence-corrected chi connectivity index (χ0v) is 11.8. The van der Waals surface area contributed by atoms with Crippen molar-refractivity contribution in [3.8, 4) is 0 Å². The number of hydrogen-bond donors (Lipinski definition) is 0. The van der Waals surface area contributed by atoms with E-state index in [-0.39, 0.29) is 0 Å². The molecular weight excluding hydrogens is 192 g/mol. The monoisotopic (exact) mass is 224 g/mol. The summed E-state index contributed by atoms with van der Waals surface area (Å²) in [4.78, 5) is 0. The molecule has 0 saturated carbocycles. The lowest BCUT2D eigenvalue weighted by Gasteiger charge is -1.96. The number of unbranched alkanes of at least 4 members (excludes halogenated alkanes) is 6. The van der Waals surface area contributed by atoms with E-state index in [1.165, 1.54) is 44.9 Å². The highest BCUT2D eigenvalue weighted by Crippen LogP contribution is 2.06. The van der Waals surface area contributed by atoms with E-state index in [4.69, 9.17) is 0 Å². The highest BCUT2D eigenvalue weighted by atomic mass is 13.9. The predicted octanol–water partition coefficient (Wildman–Crippen LogP) is 6.14. The summed E-state index contributed by atoms with van der Waals surface area (Å²) in [6.45, 7) is 13.9. The Hall–Kier alpha value is -0.520. The summed E-state index contributed by atoms with van der Waals surface area (Å²) in [6, 6.07) is 0. The molecule has 0 aromatic heterocycles. The topological polar surface area (TPSA) is 0 Å². The van der Waals surface area contributed by atoms with Crippen molar-refractivity contribution >= 4 is 0 Å². The Labute approximate surface area is 104 Å². The largest absolute Gasteiger partial charge is 0.103 e. The van der Waals surface area contributed by atoms with E-state index in [2.05, 4.69) is 33.9 Å². The summed E-state index contributed by atoms with van der Waals surface area (Å²) in [5.74, 6) is 0.780. The molecule has 0 radical (unpaired) electrons. The van der Waals surface area contributed by atoms with Crippen LogP contribution in [0.15, 0.2) is 25.3 Å². The minimum atomic E-state index is 0.780. The lowest BCUT2D eigenvalue weighted by atomic mass is 10.1. The quantitative estimate of drug-likeness (QED) is 0.326. The van der Waals surface area contributed by atoms with Gasteiger partial charge < -0.3 is 0 Å². The smallest absolute Gasteiger partial charge is 0.0330 e. The highest BCUT2D eigenvalue weighted by molar-refractivity contribution is 4.67. The average Bonchev–Trinajstić information content (AvgIpc) is 2.24. The third-order valence-corrected chi connectivity index (χ3v) is 2.40. The molecule has 96 valence electrons. The second kappa shape index (κ2) is 16.9.